The zero-order valence-corrected chi connectivity index (χ0v) is 7.16. The van der Waals surface area contributed by atoms with Crippen LogP contribution in [0.2, 0.25) is 0 Å². The molecule has 2 rings (SSSR count). The highest BCUT2D eigenvalue weighted by atomic mass is 35.5. The summed E-state index contributed by atoms with van der Waals surface area (Å²) in [5, 5.41) is 3.44. The average Bonchev–Trinajstić information content (AvgIpc) is 2.19. The first-order chi connectivity index (χ1) is 4.38. The molecule has 0 aliphatic carbocycles. The molecule has 0 saturated carbocycles. The molecule has 60 valence electrons. The van der Waals surface area contributed by atoms with E-state index in [1.807, 2.05) is 0 Å². The number of halogens is 1. The van der Waals surface area contributed by atoms with E-state index in [9.17, 15) is 0 Å². The van der Waals surface area contributed by atoms with Crippen LogP contribution in [0.25, 0.3) is 0 Å². The lowest BCUT2D eigenvalue weighted by atomic mass is 10.2. The van der Waals surface area contributed by atoms with E-state index in [0.29, 0.717) is 0 Å². The van der Waals surface area contributed by atoms with Crippen molar-refractivity contribution in [3.05, 3.63) is 0 Å². The highest BCUT2D eigenvalue weighted by Crippen LogP contribution is 2.23. The Morgan fingerprint density at radius 3 is 2.10 bits per heavy atom. The summed E-state index contributed by atoms with van der Waals surface area (Å²) in [4.78, 5) is 2.52. The minimum Gasteiger partial charge on any atom is -0.314 e. The van der Waals surface area contributed by atoms with E-state index < -0.39 is 0 Å². The van der Waals surface area contributed by atoms with E-state index in [1.54, 1.807) is 0 Å². The van der Waals surface area contributed by atoms with Gasteiger partial charge in [-0.05, 0) is 19.9 Å². The molecule has 0 aromatic rings. The van der Waals surface area contributed by atoms with Gasteiger partial charge in [0.2, 0.25) is 0 Å². The molecule has 0 unspecified atom stereocenters. The molecule has 0 amide bonds. The molecular weight excluding hydrogens is 148 g/mol. The molecule has 0 aromatic heterocycles. The van der Waals surface area contributed by atoms with E-state index in [-0.39, 0.29) is 12.4 Å². The molecule has 2 saturated heterocycles. The Morgan fingerprint density at radius 1 is 1.20 bits per heavy atom. The Hall–Kier alpha value is 0.210. The van der Waals surface area contributed by atoms with E-state index in [2.05, 4.69) is 17.3 Å². The highest BCUT2D eigenvalue weighted by Gasteiger charge is 2.32. The Balaban J connectivity index is 0.000000500. The fourth-order valence-corrected chi connectivity index (χ4v) is 2.00. The monoisotopic (exact) mass is 162 g/mol. The van der Waals surface area contributed by atoms with Crippen molar-refractivity contribution in [2.24, 2.45) is 0 Å². The van der Waals surface area contributed by atoms with Gasteiger partial charge >= 0.3 is 0 Å². The molecular formula is C7H15ClN2. The Bertz CT molecular complexity index is 102. The van der Waals surface area contributed by atoms with E-state index in [4.69, 9.17) is 0 Å². The molecule has 2 heterocycles. The molecule has 2 aliphatic heterocycles. The molecule has 3 heteroatoms. The predicted octanol–water partition coefficient (Wildman–Crippen LogP) is 0.474. The number of likely N-dealkylation sites (N-methyl/N-ethyl adjacent to an activating group) is 1. The number of hydrogen-bond donors (Lipinski definition) is 1. The first-order valence-electron chi connectivity index (χ1n) is 3.80. The van der Waals surface area contributed by atoms with Crippen LogP contribution in [0.1, 0.15) is 12.8 Å². The van der Waals surface area contributed by atoms with Gasteiger partial charge in [0.1, 0.15) is 0 Å². The molecule has 2 nitrogen and oxygen atoms in total. The van der Waals surface area contributed by atoms with Gasteiger partial charge in [0.05, 0.1) is 0 Å². The van der Waals surface area contributed by atoms with Gasteiger partial charge in [0.15, 0.2) is 0 Å². The normalized spacial score (nSPS) is 39.3. The first kappa shape index (κ1) is 8.31. The smallest absolute Gasteiger partial charge is 0.0221 e. The van der Waals surface area contributed by atoms with Gasteiger partial charge in [0.25, 0.3) is 0 Å². The lowest BCUT2D eigenvalue weighted by Gasteiger charge is -2.31. The van der Waals surface area contributed by atoms with Crippen molar-refractivity contribution in [2.75, 3.05) is 20.1 Å². The minimum absolute atomic E-state index is 0. The third-order valence-electron chi connectivity index (χ3n) is 2.74. The fourth-order valence-electron chi connectivity index (χ4n) is 2.00. The predicted molar refractivity (Wildman–Crippen MR) is 44.7 cm³/mol. The zero-order valence-electron chi connectivity index (χ0n) is 6.34. The van der Waals surface area contributed by atoms with Gasteiger partial charge in [-0.2, -0.15) is 0 Å². The van der Waals surface area contributed by atoms with Crippen LogP contribution in [0, 0.1) is 0 Å². The molecule has 2 aliphatic rings. The van der Waals surface area contributed by atoms with Gasteiger partial charge < -0.3 is 5.32 Å². The van der Waals surface area contributed by atoms with Crippen LogP contribution >= 0.6 is 12.4 Å². The number of hydrogen-bond acceptors (Lipinski definition) is 2. The topological polar surface area (TPSA) is 15.3 Å². The summed E-state index contributed by atoms with van der Waals surface area (Å²) in [6.45, 7) is 2.43. The van der Waals surface area contributed by atoms with E-state index in [1.165, 1.54) is 25.9 Å². The van der Waals surface area contributed by atoms with Crippen molar-refractivity contribution >= 4 is 12.4 Å². The summed E-state index contributed by atoms with van der Waals surface area (Å²) in [6, 6.07) is 1.70. The van der Waals surface area contributed by atoms with Gasteiger partial charge in [-0.1, -0.05) is 0 Å². The van der Waals surface area contributed by atoms with Crippen molar-refractivity contribution in [3.63, 3.8) is 0 Å². The van der Waals surface area contributed by atoms with Crippen molar-refractivity contribution < 1.29 is 0 Å². The first-order valence-corrected chi connectivity index (χ1v) is 3.80. The van der Waals surface area contributed by atoms with Crippen LogP contribution < -0.4 is 5.32 Å². The Kier molecular flexibility index (Phi) is 2.55. The van der Waals surface area contributed by atoms with Crippen LogP contribution in [0.5, 0.6) is 0 Å². The highest BCUT2D eigenvalue weighted by molar-refractivity contribution is 5.85. The number of rotatable bonds is 0. The molecule has 1 N–H and O–H groups in total. The quantitative estimate of drug-likeness (QED) is 0.558. The van der Waals surface area contributed by atoms with Crippen LogP contribution in [0.3, 0.4) is 0 Å². The summed E-state index contributed by atoms with van der Waals surface area (Å²) < 4.78 is 0. The summed E-state index contributed by atoms with van der Waals surface area (Å²) in [7, 11) is 2.25. The second-order valence-corrected chi connectivity index (χ2v) is 3.21. The standard InChI is InChI=1S/C7H14N2.ClH/c1-9-6-2-3-7(9)5-8-4-6;/h6-8H,2-5H2,1H3;1H/t6-,7+;. The lowest BCUT2D eigenvalue weighted by molar-refractivity contribution is 0.193. The third kappa shape index (κ3) is 1.16. The number of nitrogens with zero attached hydrogens (tertiary/aromatic N) is 1. The molecule has 2 bridgehead atoms. The maximum atomic E-state index is 3.44. The number of piperazine rings is 1. The van der Waals surface area contributed by atoms with E-state index >= 15 is 0 Å². The molecule has 2 fully saturated rings. The largest absolute Gasteiger partial charge is 0.314 e. The fraction of sp³-hybridized carbons (Fsp3) is 1.00. The summed E-state index contributed by atoms with van der Waals surface area (Å²) >= 11 is 0. The summed E-state index contributed by atoms with van der Waals surface area (Å²) in [5.74, 6) is 0. The maximum Gasteiger partial charge on any atom is 0.0221 e. The zero-order chi connectivity index (χ0) is 6.27. The minimum atomic E-state index is 0. The van der Waals surface area contributed by atoms with Crippen molar-refractivity contribution in [1.29, 1.82) is 0 Å². The van der Waals surface area contributed by atoms with Crippen molar-refractivity contribution in [1.82, 2.24) is 10.2 Å². The molecule has 0 spiro atoms. The van der Waals surface area contributed by atoms with Gasteiger partial charge in [-0.25, -0.2) is 0 Å². The van der Waals surface area contributed by atoms with Crippen LogP contribution in [0.4, 0.5) is 0 Å². The Labute approximate surface area is 68.4 Å². The second kappa shape index (κ2) is 3.07. The SMILES string of the molecule is CN1[C@@H]2CC[C@H]1CNC2.Cl. The van der Waals surface area contributed by atoms with E-state index in [0.717, 1.165) is 12.1 Å². The molecule has 10 heavy (non-hydrogen) atoms. The lowest BCUT2D eigenvalue weighted by Crippen LogP contribution is -2.49. The average molecular weight is 163 g/mol. The number of fused-ring (bicyclic) bond motifs is 2. The van der Waals surface area contributed by atoms with Crippen molar-refractivity contribution in [3.8, 4) is 0 Å². The van der Waals surface area contributed by atoms with Crippen molar-refractivity contribution in [2.45, 2.75) is 24.9 Å². The Morgan fingerprint density at radius 2 is 1.70 bits per heavy atom. The maximum absolute atomic E-state index is 3.44. The molecule has 0 radical (unpaired) electrons. The van der Waals surface area contributed by atoms with Gasteiger partial charge in [0, 0.05) is 25.2 Å². The van der Waals surface area contributed by atoms with Crippen LogP contribution in [-0.4, -0.2) is 37.1 Å². The number of nitrogens with one attached hydrogen (secondary N) is 1. The van der Waals surface area contributed by atoms with Crippen LogP contribution in [0.15, 0.2) is 0 Å². The molecule has 2 atom stereocenters. The van der Waals surface area contributed by atoms with Crippen LogP contribution in [-0.2, 0) is 0 Å². The summed E-state index contributed by atoms with van der Waals surface area (Å²) in [6.07, 6.45) is 2.82. The second-order valence-electron chi connectivity index (χ2n) is 3.21. The summed E-state index contributed by atoms with van der Waals surface area (Å²) in [5.41, 5.74) is 0. The van der Waals surface area contributed by atoms with Gasteiger partial charge in [-0.15, -0.1) is 12.4 Å². The third-order valence-corrected chi connectivity index (χ3v) is 2.74. The van der Waals surface area contributed by atoms with Gasteiger partial charge in [-0.3, -0.25) is 4.90 Å². The molecule has 0 aromatic carbocycles.